The molecule has 2 atom stereocenters. The zero-order chi connectivity index (χ0) is 11.9. The second-order valence-corrected chi connectivity index (χ2v) is 5.55. The van der Waals surface area contributed by atoms with Crippen LogP contribution in [-0.4, -0.2) is 17.3 Å². The summed E-state index contributed by atoms with van der Waals surface area (Å²) in [5, 5.41) is 10.5. The first kappa shape index (κ1) is 11.2. The van der Waals surface area contributed by atoms with Crippen molar-refractivity contribution in [1.82, 2.24) is 0 Å². The van der Waals surface area contributed by atoms with Gasteiger partial charge in [-0.25, -0.2) is 0 Å². The molecule has 1 fully saturated rings. The Labute approximate surface area is 103 Å². The van der Waals surface area contributed by atoms with E-state index in [9.17, 15) is 5.11 Å². The van der Waals surface area contributed by atoms with Crippen molar-refractivity contribution in [3.05, 3.63) is 34.9 Å². The van der Waals surface area contributed by atoms with E-state index in [0.29, 0.717) is 0 Å². The van der Waals surface area contributed by atoms with Crippen LogP contribution in [0, 0.1) is 0 Å². The van der Waals surface area contributed by atoms with Gasteiger partial charge in [0.15, 0.2) is 0 Å². The number of fused-ring (bicyclic) bond motifs is 1. The lowest BCUT2D eigenvalue weighted by Gasteiger charge is -2.29. The Kier molecular flexibility index (Phi) is 2.72. The Hall–Kier alpha value is -0.860. The lowest BCUT2D eigenvalue weighted by atomic mass is 9.89. The van der Waals surface area contributed by atoms with Crippen LogP contribution in [-0.2, 0) is 17.6 Å². The first-order valence-corrected chi connectivity index (χ1v) is 6.63. The predicted molar refractivity (Wildman–Crippen MR) is 67.0 cm³/mol. The highest BCUT2D eigenvalue weighted by Gasteiger charge is 2.38. The molecule has 17 heavy (non-hydrogen) atoms. The number of aliphatic hydroxyl groups excluding tert-OH is 1. The molecule has 0 amide bonds. The zero-order valence-electron chi connectivity index (χ0n) is 10.4. The Morgan fingerprint density at radius 1 is 1.24 bits per heavy atom. The molecule has 3 rings (SSSR count). The summed E-state index contributed by atoms with van der Waals surface area (Å²) in [5.41, 5.74) is 3.52. The SMILES string of the molecule is CC1(C(O)c2ccc3c(c2)CCC3)CCCO1. The molecule has 0 bridgehead atoms. The van der Waals surface area contributed by atoms with Crippen molar-refractivity contribution in [3.8, 4) is 0 Å². The van der Waals surface area contributed by atoms with Gasteiger partial charge in [-0.2, -0.15) is 0 Å². The molecule has 1 heterocycles. The molecule has 1 aromatic rings. The van der Waals surface area contributed by atoms with Crippen LogP contribution in [0.2, 0.25) is 0 Å². The fourth-order valence-corrected chi connectivity index (χ4v) is 3.13. The molecule has 1 aromatic carbocycles. The molecule has 92 valence electrons. The predicted octanol–water partition coefficient (Wildman–Crippen LogP) is 2.78. The van der Waals surface area contributed by atoms with E-state index in [-0.39, 0.29) is 5.60 Å². The number of aryl methyl sites for hydroxylation is 2. The Morgan fingerprint density at radius 3 is 2.82 bits per heavy atom. The number of hydrogen-bond acceptors (Lipinski definition) is 2. The van der Waals surface area contributed by atoms with E-state index in [1.54, 1.807) is 0 Å². The van der Waals surface area contributed by atoms with Gasteiger partial charge in [0.2, 0.25) is 0 Å². The monoisotopic (exact) mass is 232 g/mol. The normalized spacial score (nSPS) is 29.3. The van der Waals surface area contributed by atoms with Crippen LogP contribution in [0.5, 0.6) is 0 Å². The van der Waals surface area contributed by atoms with Gasteiger partial charge in [-0.1, -0.05) is 18.2 Å². The van der Waals surface area contributed by atoms with Crippen LogP contribution in [0.1, 0.15) is 49.0 Å². The minimum atomic E-state index is -0.490. The van der Waals surface area contributed by atoms with E-state index >= 15 is 0 Å². The smallest absolute Gasteiger partial charge is 0.108 e. The van der Waals surface area contributed by atoms with Crippen molar-refractivity contribution < 1.29 is 9.84 Å². The Bertz CT molecular complexity index is 419. The molecule has 0 radical (unpaired) electrons. The average molecular weight is 232 g/mol. The maximum Gasteiger partial charge on any atom is 0.108 e. The van der Waals surface area contributed by atoms with Gasteiger partial charge >= 0.3 is 0 Å². The molecule has 2 nitrogen and oxygen atoms in total. The summed E-state index contributed by atoms with van der Waals surface area (Å²) < 4.78 is 5.73. The lowest BCUT2D eigenvalue weighted by Crippen LogP contribution is -2.31. The van der Waals surface area contributed by atoms with Gasteiger partial charge < -0.3 is 9.84 Å². The summed E-state index contributed by atoms with van der Waals surface area (Å²) in [7, 11) is 0. The fourth-order valence-electron chi connectivity index (χ4n) is 3.13. The summed E-state index contributed by atoms with van der Waals surface area (Å²) in [4.78, 5) is 0. The highest BCUT2D eigenvalue weighted by Crippen LogP contribution is 2.38. The second kappa shape index (κ2) is 4.11. The molecule has 0 spiro atoms. The Balaban J connectivity index is 1.88. The van der Waals surface area contributed by atoms with Crippen molar-refractivity contribution in [2.45, 2.75) is 50.7 Å². The summed E-state index contributed by atoms with van der Waals surface area (Å²) in [6.07, 6.45) is 5.12. The maximum absolute atomic E-state index is 10.5. The second-order valence-electron chi connectivity index (χ2n) is 5.55. The number of rotatable bonds is 2. The van der Waals surface area contributed by atoms with Crippen LogP contribution < -0.4 is 0 Å². The minimum absolute atomic E-state index is 0.382. The molecule has 1 aliphatic carbocycles. The van der Waals surface area contributed by atoms with Gasteiger partial charge in [-0.15, -0.1) is 0 Å². The van der Waals surface area contributed by atoms with Gasteiger partial charge in [0.25, 0.3) is 0 Å². The van der Waals surface area contributed by atoms with E-state index < -0.39 is 6.10 Å². The van der Waals surface area contributed by atoms with Gasteiger partial charge in [0.1, 0.15) is 6.10 Å². The largest absolute Gasteiger partial charge is 0.385 e. The standard InChI is InChI=1S/C15H20O2/c1-15(8-3-9-17-15)14(16)13-7-6-11-4-2-5-12(11)10-13/h6-7,10,14,16H,2-5,8-9H2,1H3. The van der Waals surface area contributed by atoms with Gasteiger partial charge in [-0.05, 0) is 55.7 Å². The molecule has 1 aliphatic heterocycles. The summed E-state index contributed by atoms with van der Waals surface area (Å²) in [6.45, 7) is 2.80. The number of aliphatic hydroxyl groups is 1. The van der Waals surface area contributed by atoms with Gasteiger partial charge in [-0.3, -0.25) is 0 Å². The molecule has 1 saturated heterocycles. The average Bonchev–Trinajstić information content (AvgIpc) is 2.96. The van der Waals surface area contributed by atoms with E-state index in [0.717, 1.165) is 31.4 Å². The van der Waals surface area contributed by atoms with E-state index in [1.807, 2.05) is 6.92 Å². The summed E-state index contributed by atoms with van der Waals surface area (Å²) >= 11 is 0. The third-order valence-electron chi connectivity index (χ3n) is 4.27. The zero-order valence-corrected chi connectivity index (χ0v) is 10.4. The Morgan fingerprint density at radius 2 is 2.06 bits per heavy atom. The molecule has 1 N–H and O–H groups in total. The molecule has 2 unspecified atom stereocenters. The fraction of sp³-hybridized carbons (Fsp3) is 0.600. The number of ether oxygens (including phenoxy) is 1. The topological polar surface area (TPSA) is 29.5 Å². The van der Waals surface area contributed by atoms with Crippen LogP contribution >= 0.6 is 0 Å². The van der Waals surface area contributed by atoms with Crippen LogP contribution in [0.3, 0.4) is 0 Å². The van der Waals surface area contributed by atoms with E-state index in [2.05, 4.69) is 18.2 Å². The third kappa shape index (κ3) is 1.90. The number of benzene rings is 1. The quantitative estimate of drug-likeness (QED) is 0.849. The highest BCUT2D eigenvalue weighted by molar-refractivity contribution is 5.36. The number of hydrogen-bond donors (Lipinski definition) is 1. The first-order chi connectivity index (χ1) is 8.19. The van der Waals surface area contributed by atoms with E-state index in [4.69, 9.17) is 4.74 Å². The molecule has 2 aliphatic rings. The van der Waals surface area contributed by atoms with Crippen molar-refractivity contribution in [3.63, 3.8) is 0 Å². The van der Waals surface area contributed by atoms with Crippen molar-refractivity contribution in [1.29, 1.82) is 0 Å². The first-order valence-electron chi connectivity index (χ1n) is 6.63. The molecule has 0 saturated carbocycles. The lowest BCUT2D eigenvalue weighted by molar-refractivity contribution is -0.0796. The van der Waals surface area contributed by atoms with Crippen molar-refractivity contribution >= 4 is 0 Å². The maximum atomic E-state index is 10.5. The summed E-state index contributed by atoms with van der Waals surface area (Å²) in [5.74, 6) is 0. The van der Waals surface area contributed by atoms with Crippen molar-refractivity contribution in [2.24, 2.45) is 0 Å². The van der Waals surface area contributed by atoms with Crippen molar-refractivity contribution in [2.75, 3.05) is 6.61 Å². The van der Waals surface area contributed by atoms with Gasteiger partial charge in [0, 0.05) is 6.61 Å². The molecular weight excluding hydrogens is 212 g/mol. The molecular formula is C15H20O2. The highest BCUT2D eigenvalue weighted by atomic mass is 16.5. The van der Waals surface area contributed by atoms with Crippen LogP contribution in [0.25, 0.3) is 0 Å². The van der Waals surface area contributed by atoms with Gasteiger partial charge in [0.05, 0.1) is 5.60 Å². The molecule has 2 heteroatoms. The van der Waals surface area contributed by atoms with Crippen LogP contribution in [0.4, 0.5) is 0 Å². The van der Waals surface area contributed by atoms with Crippen LogP contribution in [0.15, 0.2) is 18.2 Å². The molecule has 0 aromatic heterocycles. The van der Waals surface area contributed by atoms with E-state index in [1.165, 1.54) is 24.0 Å². The minimum Gasteiger partial charge on any atom is -0.385 e. The third-order valence-corrected chi connectivity index (χ3v) is 4.27. The summed E-state index contributed by atoms with van der Waals surface area (Å²) in [6, 6.07) is 6.43.